The third kappa shape index (κ3) is 2.64. The van der Waals surface area contributed by atoms with E-state index < -0.39 is 10.0 Å². The second-order valence-electron chi connectivity index (χ2n) is 6.01. The van der Waals surface area contributed by atoms with Crippen molar-refractivity contribution in [2.24, 2.45) is 0 Å². The van der Waals surface area contributed by atoms with Crippen molar-refractivity contribution in [1.82, 2.24) is 24.1 Å². The Labute approximate surface area is 143 Å². The number of hydrogen-bond donors (Lipinski definition) is 0. The molecule has 0 aromatic carbocycles. The molecule has 4 heterocycles. The normalized spacial score (nSPS) is 20.0. The SMILES string of the molecule is Cc1occc1-c1nn2c(C3CCCN(S(C)(=O)=O)C3)nnc2s1. The van der Waals surface area contributed by atoms with Crippen LogP contribution in [0.2, 0.25) is 0 Å². The van der Waals surface area contributed by atoms with Crippen molar-refractivity contribution in [2.75, 3.05) is 19.3 Å². The number of piperidine rings is 1. The highest BCUT2D eigenvalue weighted by Crippen LogP contribution is 2.32. The number of furan rings is 1. The van der Waals surface area contributed by atoms with Crippen LogP contribution in [-0.4, -0.2) is 51.9 Å². The predicted molar refractivity (Wildman–Crippen MR) is 89.5 cm³/mol. The maximum absolute atomic E-state index is 11.8. The van der Waals surface area contributed by atoms with Gasteiger partial charge < -0.3 is 4.42 Å². The van der Waals surface area contributed by atoms with E-state index in [1.807, 2.05) is 13.0 Å². The van der Waals surface area contributed by atoms with Gasteiger partial charge in [-0.3, -0.25) is 0 Å². The Bertz CT molecular complexity index is 987. The molecule has 0 saturated carbocycles. The lowest BCUT2D eigenvalue weighted by Crippen LogP contribution is -2.38. The van der Waals surface area contributed by atoms with Crippen molar-refractivity contribution in [2.45, 2.75) is 25.7 Å². The standard InChI is InChI=1S/C14H17N5O3S2/c1-9-11(5-7-22-9)13-17-19-12(15-16-14(19)23-13)10-4-3-6-18(8-10)24(2,20)21/h5,7,10H,3-4,6,8H2,1-2H3. The molecule has 1 aliphatic rings. The van der Waals surface area contributed by atoms with Gasteiger partial charge in [0.25, 0.3) is 0 Å². The molecule has 24 heavy (non-hydrogen) atoms. The van der Waals surface area contributed by atoms with Gasteiger partial charge in [0, 0.05) is 19.0 Å². The Hall–Kier alpha value is -1.78. The number of aryl methyl sites for hydroxylation is 1. The molecule has 1 atom stereocenters. The second-order valence-corrected chi connectivity index (χ2v) is 8.95. The maximum Gasteiger partial charge on any atom is 0.234 e. The summed E-state index contributed by atoms with van der Waals surface area (Å²) in [5, 5.41) is 13.9. The molecule has 0 radical (unpaired) electrons. The Morgan fingerprint density at radius 3 is 2.92 bits per heavy atom. The van der Waals surface area contributed by atoms with Gasteiger partial charge in [-0.25, -0.2) is 12.7 Å². The molecule has 1 saturated heterocycles. The van der Waals surface area contributed by atoms with Gasteiger partial charge in [0.2, 0.25) is 15.0 Å². The molecule has 0 aliphatic carbocycles. The van der Waals surface area contributed by atoms with Gasteiger partial charge in [-0.1, -0.05) is 11.3 Å². The van der Waals surface area contributed by atoms with Gasteiger partial charge in [-0.15, -0.1) is 10.2 Å². The van der Waals surface area contributed by atoms with E-state index in [-0.39, 0.29) is 5.92 Å². The van der Waals surface area contributed by atoms with Crippen LogP contribution < -0.4 is 0 Å². The predicted octanol–water partition coefficient (Wildman–Crippen LogP) is 1.89. The molecule has 10 heteroatoms. The van der Waals surface area contributed by atoms with Crippen molar-refractivity contribution >= 4 is 26.3 Å². The third-order valence-electron chi connectivity index (χ3n) is 4.32. The summed E-state index contributed by atoms with van der Waals surface area (Å²) in [6, 6.07) is 1.88. The van der Waals surface area contributed by atoms with E-state index in [4.69, 9.17) is 4.42 Å². The van der Waals surface area contributed by atoms with Gasteiger partial charge in [0.1, 0.15) is 5.76 Å². The molecule has 1 aliphatic heterocycles. The van der Waals surface area contributed by atoms with Crippen LogP contribution in [0.1, 0.15) is 30.3 Å². The highest BCUT2D eigenvalue weighted by Gasteiger charge is 2.30. The maximum atomic E-state index is 11.8. The van der Waals surface area contributed by atoms with Crippen LogP contribution in [0, 0.1) is 6.92 Å². The lowest BCUT2D eigenvalue weighted by molar-refractivity contribution is 0.309. The number of aromatic nitrogens is 4. The Kier molecular flexibility index (Phi) is 3.70. The first-order valence-electron chi connectivity index (χ1n) is 7.65. The van der Waals surface area contributed by atoms with E-state index in [2.05, 4.69) is 15.3 Å². The van der Waals surface area contributed by atoms with Crippen LogP contribution in [0.25, 0.3) is 15.5 Å². The average molecular weight is 367 g/mol. The van der Waals surface area contributed by atoms with E-state index in [1.54, 1.807) is 10.8 Å². The Balaban J connectivity index is 1.70. The van der Waals surface area contributed by atoms with Crippen LogP contribution in [0.5, 0.6) is 0 Å². The number of nitrogens with zero attached hydrogens (tertiary/aromatic N) is 5. The van der Waals surface area contributed by atoms with Crippen LogP contribution >= 0.6 is 11.3 Å². The summed E-state index contributed by atoms with van der Waals surface area (Å²) in [6.07, 6.45) is 4.57. The molecule has 4 rings (SSSR count). The van der Waals surface area contributed by atoms with Crippen LogP contribution in [0.3, 0.4) is 0 Å². The fraction of sp³-hybridized carbons (Fsp3) is 0.500. The van der Waals surface area contributed by atoms with Gasteiger partial charge in [0.05, 0.1) is 18.1 Å². The first-order chi connectivity index (χ1) is 11.4. The molecule has 8 nitrogen and oxygen atoms in total. The smallest absolute Gasteiger partial charge is 0.234 e. The van der Waals surface area contributed by atoms with Crippen LogP contribution in [0.15, 0.2) is 16.7 Å². The van der Waals surface area contributed by atoms with E-state index >= 15 is 0 Å². The van der Waals surface area contributed by atoms with E-state index in [1.165, 1.54) is 21.9 Å². The quantitative estimate of drug-likeness (QED) is 0.702. The number of rotatable bonds is 3. The van der Waals surface area contributed by atoms with Crippen molar-refractivity contribution in [3.05, 3.63) is 23.9 Å². The highest BCUT2D eigenvalue weighted by atomic mass is 32.2. The molecule has 128 valence electrons. The monoisotopic (exact) mass is 367 g/mol. The van der Waals surface area contributed by atoms with Gasteiger partial charge in [-0.05, 0) is 25.8 Å². The van der Waals surface area contributed by atoms with Crippen LogP contribution in [-0.2, 0) is 10.0 Å². The first-order valence-corrected chi connectivity index (χ1v) is 10.3. The topological polar surface area (TPSA) is 93.6 Å². The lowest BCUT2D eigenvalue weighted by atomic mass is 9.99. The van der Waals surface area contributed by atoms with E-state index in [0.717, 1.165) is 35.0 Å². The summed E-state index contributed by atoms with van der Waals surface area (Å²) in [7, 11) is -3.19. The van der Waals surface area contributed by atoms with Crippen LogP contribution in [0.4, 0.5) is 0 Å². The minimum atomic E-state index is -3.19. The molecule has 3 aromatic heterocycles. The zero-order valence-corrected chi connectivity index (χ0v) is 15.0. The number of hydrogen-bond acceptors (Lipinski definition) is 7. The van der Waals surface area contributed by atoms with E-state index in [0.29, 0.717) is 18.1 Å². The lowest BCUT2D eigenvalue weighted by Gasteiger charge is -2.29. The number of sulfonamides is 1. The summed E-state index contributed by atoms with van der Waals surface area (Å²) in [6.45, 7) is 2.88. The second kappa shape index (κ2) is 5.64. The largest absolute Gasteiger partial charge is 0.469 e. The van der Waals surface area contributed by atoms with Crippen molar-refractivity contribution in [1.29, 1.82) is 0 Å². The molecule has 1 unspecified atom stereocenters. The molecule has 3 aromatic rings. The van der Waals surface area contributed by atoms with Crippen molar-refractivity contribution < 1.29 is 12.8 Å². The molecule has 0 spiro atoms. The summed E-state index contributed by atoms with van der Waals surface area (Å²) in [4.78, 5) is 0.706. The number of fused-ring (bicyclic) bond motifs is 1. The summed E-state index contributed by atoms with van der Waals surface area (Å²) >= 11 is 1.45. The van der Waals surface area contributed by atoms with E-state index in [9.17, 15) is 8.42 Å². The average Bonchev–Trinajstić information content (AvgIpc) is 3.21. The zero-order chi connectivity index (χ0) is 16.9. The first kappa shape index (κ1) is 15.7. The molecule has 0 amide bonds. The molecular formula is C14H17N5O3S2. The molecule has 0 N–H and O–H groups in total. The van der Waals surface area contributed by atoms with Gasteiger partial charge >= 0.3 is 0 Å². The van der Waals surface area contributed by atoms with Gasteiger partial charge in [0.15, 0.2) is 10.8 Å². The Morgan fingerprint density at radius 1 is 1.38 bits per heavy atom. The summed E-state index contributed by atoms with van der Waals surface area (Å²) in [5.74, 6) is 1.54. The highest BCUT2D eigenvalue weighted by molar-refractivity contribution is 7.88. The van der Waals surface area contributed by atoms with Crippen molar-refractivity contribution in [3.63, 3.8) is 0 Å². The minimum absolute atomic E-state index is 0.00358. The summed E-state index contributed by atoms with van der Waals surface area (Å²) in [5.41, 5.74) is 0.942. The molecular weight excluding hydrogens is 350 g/mol. The fourth-order valence-corrected chi connectivity index (χ4v) is 4.89. The third-order valence-corrected chi connectivity index (χ3v) is 6.52. The van der Waals surface area contributed by atoms with Crippen molar-refractivity contribution in [3.8, 4) is 10.6 Å². The summed E-state index contributed by atoms with van der Waals surface area (Å²) < 4.78 is 32.2. The molecule has 0 bridgehead atoms. The fourth-order valence-electron chi connectivity index (χ4n) is 3.06. The Morgan fingerprint density at radius 2 is 2.21 bits per heavy atom. The van der Waals surface area contributed by atoms with Gasteiger partial charge in [-0.2, -0.15) is 9.61 Å². The zero-order valence-electron chi connectivity index (χ0n) is 13.3. The molecule has 1 fully saturated rings. The minimum Gasteiger partial charge on any atom is -0.469 e.